The van der Waals surface area contributed by atoms with Gasteiger partial charge in [-0.3, -0.25) is 0 Å². The van der Waals surface area contributed by atoms with Crippen LogP contribution in [0.15, 0.2) is 0 Å². The zero-order chi connectivity index (χ0) is 15.6. The Morgan fingerprint density at radius 3 is 0.632 bits per heavy atom. The van der Waals surface area contributed by atoms with Gasteiger partial charge in [-0.15, -0.1) is 0 Å². The maximum atomic E-state index is 9.44. The number of hydrogen-bond donors (Lipinski definition) is 0. The summed E-state index contributed by atoms with van der Waals surface area (Å²) >= 11 is 0. The van der Waals surface area contributed by atoms with Crippen LogP contribution in [-0.4, -0.2) is 56.2 Å². The first-order valence-electron chi connectivity index (χ1n) is 4.49. The molecule has 0 spiro atoms. The molecule has 0 amide bonds. The van der Waals surface area contributed by atoms with Crippen LogP contribution in [0.2, 0.25) is 0 Å². The van der Waals surface area contributed by atoms with Crippen molar-refractivity contribution >= 4 is 30.4 Å². The fourth-order valence-corrected chi connectivity index (χ4v) is 0. The van der Waals surface area contributed by atoms with Crippen LogP contribution in [0.25, 0.3) is 0 Å². The Labute approximate surface area is 124 Å². The van der Waals surface area contributed by atoms with E-state index in [-0.39, 0.29) is 34.3 Å². The molecule has 0 bridgehead atoms. The van der Waals surface area contributed by atoms with Crippen LogP contribution < -0.4 is 0 Å². The second-order valence-electron chi connectivity index (χ2n) is 2.54. The van der Waals surface area contributed by atoms with Crippen molar-refractivity contribution in [2.75, 3.05) is 17.3 Å². The van der Waals surface area contributed by atoms with Crippen molar-refractivity contribution < 1.29 is 56.0 Å². The van der Waals surface area contributed by atoms with Crippen molar-refractivity contribution in [1.82, 2.24) is 0 Å². The molecule has 0 rings (SSSR count). The Morgan fingerprint density at radius 1 is 0.579 bits per heavy atom. The third kappa shape index (κ3) is 56.3. The van der Waals surface area contributed by atoms with Crippen LogP contribution in [0, 0.1) is 0 Å². The largest absolute Gasteiger partial charge is 3.00 e. The zero-order valence-corrected chi connectivity index (χ0v) is 13.9. The van der Waals surface area contributed by atoms with Crippen molar-refractivity contribution in [3.05, 3.63) is 0 Å². The Morgan fingerprint density at radius 2 is 0.632 bits per heavy atom. The Balaban J connectivity index is -0.0000000865. The topological polar surface area (TPSA) is 172 Å². The van der Waals surface area contributed by atoms with Crippen LogP contribution in [-0.2, 0) is 47.4 Å². The van der Waals surface area contributed by atoms with Crippen molar-refractivity contribution in [1.29, 1.82) is 0 Å². The molecule has 0 saturated heterocycles. The van der Waals surface area contributed by atoms with E-state index in [1.165, 1.54) is 20.8 Å². The van der Waals surface area contributed by atoms with E-state index in [0.717, 1.165) is 0 Å². The molecule has 0 aromatic carbocycles. The molecular weight excluding hydrogens is 368 g/mol. The Kier molecular flexibility index (Phi) is 17.4. The van der Waals surface area contributed by atoms with E-state index in [1.54, 1.807) is 0 Å². The van der Waals surface area contributed by atoms with Gasteiger partial charge in [0.15, 0.2) is 0 Å². The zero-order valence-electron chi connectivity index (χ0n) is 10.4. The summed E-state index contributed by atoms with van der Waals surface area (Å²) in [5, 5.41) is 0. The van der Waals surface area contributed by atoms with Crippen LogP contribution in [0.4, 0.5) is 0 Å². The van der Waals surface area contributed by atoms with E-state index < -0.39 is 30.4 Å². The molecule has 0 saturated carbocycles. The van der Waals surface area contributed by atoms with Gasteiger partial charge in [-0.1, -0.05) is 20.8 Å². The normalized spacial score (nSPS) is 11.1. The molecule has 0 aromatic rings. The molecule has 0 aliphatic heterocycles. The molecule has 9 nitrogen and oxygen atoms in total. The van der Waals surface area contributed by atoms with E-state index in [4.69, 9.17) is 0 Å². The van der Waals surface area contributed by atoms with Gasteiger partial charge in [0.05, 0.1) is 30.4 Å². The minimum atomic E-state index is -3.91. The number of hydrogen-bond acceptors (Lipinski definition) is 9. The molecule has 0 atom stereocenters. The molecule has 0 aliphatic carbocycles. The second kappa shape index (κ2) is 12.0. The molecule has 0 aliphatic rings. The summed E-state index contributed by atoms with van der Waals surface area (Å²) in [5.41, 5.74) is 0. The van der Waals surface area contributed by atoms with Crippen LogP contribution in [0.3, 0.4) is 0 Å². The average Bonchev–Trinajstić information content (AvgIpc) is 2.16. The third-order valence-electron chi connectivity index (χ3n) is 1.06. The van der Waals surface area contributed by atoms with E-state index >= 15 is 0 Å². The van der Waals surface area contributed by atoms with Gasteiger partial charge in [0, 0.05) is 17.3 Å². The first kappa shape index (κ1) is 27.6. The van der Waals surface area contributed by atoms with E-state index in [1.807, 2.05) is 0 Å². The molecule has 0 unspecified atom stereocenters. The summed E-state index contributed by atoms with van der Waals surface area (Å²) in [7, 11) is -11.7. The Bertz CT molecular complexity index is 414. The maximum absolute atomic E-state index is 9.44. The molecule has 13 heteroatoms. The molecule has 0 aromatic heterocycles. The van der Waals surface area contributed by atoms with Crippen molar-refractivity contribution in [2.24, 2.45) is 0 Å². The molecule has 119 valence electrons. The summed E-state index contributed by atoms with van der Waals surface area (Å²) in [4.78, 5) is 0. The monoisotopic (exact) mass is 383 g/mol. The Hall–Kier alpha value is 0.249. The fourth-order valence-electron chi connectivity index (χ4n) is 0. The van der Waals surface area contributed by atoms with Gasteiger partial charge in [-0.25, -0.2) is 25.3 Å². The van der Waals surface area contributed by atoms with E-state index in [2.05, 4.69) is 0 Å². The molecule has 19 heavy (non-hydrogen) atoms. The van der Waals surface area contributed by atoms with Gasteiger partial charge in [-0.05, 0) is 0 Å². The number of rotatable bonds is 3. The van der Waals surface area contributed by atoms with Gasteiger partial charge in [0.25, 0.3) is 0 Å². The molecule has 1 radical (unpaired) electrons. The SMILES string of the molecule is CCS(=O)(=O)[O-].CCS(=O)(=O)[O-].CCS(=O)(=O)[O-].[Fe+3]. The standard InChI is InChI=1S/3C2H6O3S.Fe/c3*1-2-6(3,4)5;/h3*2H2,1H3,(H,3,4,5);/q;;;+3/p-3. The summed E-state index contributed by atoms with van der Waals surface area (Å²) in [5.74, 6) is -0.938. The second-order valence-corrected chi connectivity index (χ2v) is 7.62. The molecule has 0 heterocycles. The predicted octanol–water partition coefficient (Wildman–Crippen LogP) is -1.35. The van der Waals surface area contributed by atoms with Gasteiger partial charge < -0.3 is 13.7 Å². The summed E-state index contributed by atoms with van der Waals surface area (Å²) < 4.78 is 85.0. The van der Waals surface area contributed by atoms with E-state index in [9.17, 15) is 38.9 Å². The molecule has 0 N–H and O–H groups in total. The van der Waals surface area contributed by atoms with Crippen LogP contribution in [0.1, 0.15) is 20.8 Å². The minimum Gasteiger partial charge on any atom is -0.748 e. The van der Waals surface area contributed by atoms with Crippen LogP contribution in [0.5, 0.6) is 0 Å². The summed E-state index contributed by atoms with van der Waals surface area (Å²) in [6.45, 7) is 3.92. The van der Waals surface area contributed by atoms with E-state index in [0.29, 0.717) is 0 Å². The van der Waals surface area contributed by atoms with Gasteiger partial charge in [-0.2, -0.15) is 0 Å². The summed E-state index contributed by atoms with van der Waals surface area (Å²) in [6.07, 6.45) is 0. The molecule has 0 fully saturated rings. The summed E-state index contributed by atoms with van der Waals surface area (Å²) in [6, 6.07) is 0. The van der Waals surface area contributed by atoms with Crippen molar-refractivity contribution in [2.45, 2.75) is 20.8 Å². The quantitative estimate of drug-likeness (QED) is 0.422. The van der Waals surface area contributed by atoms with Gasteiger partial charge in [0.2, 0.25) is 0 Å². The van der Waals surface area contributed by atoms with Gasteiger partial charge >= 0.3 is 17.1 Å². The smallest absolute Gasteiger partial charge is 0.748 e. The minimum absolute atomic E-state index is 0. The van der Waals surface area contributed by atoms with Crippen LogP contribution >= 0.6 is 0 Å². The maximum Gasteiger partial charge on any atom is 3.00 e. The van der Waals surface area contributed by atoms with Crippen molar-refractivity contribution in [3.63, 3.8) is 0 Å². The third-order valence-corrected chi connectivity index (χ3v) is 3.18. The predicted molar refractivity (Wildman–Crippen MR) is 60.7 cm³/mol. The first-order chi connectivity index (χ1) is 7.68. The molecular formula is C6H15FeO9S3. The van der Waals surface area contributed by atoms with Gasteiger partial charge in [0.1, 0.15) is 0 Å². The fraction of sp³-hybridized carbons (Fsp3) is 1.00. The average molecular weight is 383 g/mol. The van der Waals surface area contributed by atoms with Crippen molar-refractivity contribution in [3.8, 4) is 0 Å². The first-order valence-corrected chi connectivity index (χ1v) is 9.22.